The minimum atomic E-state index is -0.697. The first-order valence-electron chi connectivity index (χ1n) is 13.9. The maximum Gasteiger partial charge on any atom is 0.407 e. The molecule has 0 spiro atoms. The second-order valence-corrected chi connectivity index (χ2v) is 12.1. The van der Waals surface area contributed by atoms with E-state index < -0.39 is 11.7 Å². The molecule has 4 rings (SSSR count). The van der Waals surface area contributed by atoms with E-state index in [2.05, 4.69) is 79.3 Å². The zero-order valence-electron chi connectivity index (χ0n) is 24.5. The van der Waals surface area contributed by atoms with Crippen LogP contribution in [0.4, 0.5) is 10.5 Å². The number of ether oxygens (including phenoxy) is 1. The first-order valence-corrected chi connectivity index (χ1v) is 13.9. The van der Waals surface area contributed by atoms with Gasteiger partial charge in [-0.25, -0.2) is 4.79 Å². The van der Waals surface area contributed by atoms with Crippen molar-refractivity contribution >= 4 is 11.8 Å². The fourth-order valence-corrected chi connectivity index (χ4v) is 5.65. The highest BCUT2D eigenvalue weighted by molar-refractivity contribution is 5.81. The van der Waals surface area contributed by atoms with Gasteiger partial charge in [-0.05, 0) is 72.4 Å². The van der Waals surface area contributed by atoms with E-state index in [-0.39, 0.29) is 12.1 Å². The van der Waals surface area contributed by atoms with E-state index in [9.17, 15) is 9.90 Å². The Bertz CT molecular complexity index is 1280. The number of aromatic nitrogens is 1. The van der Waals surface area contributed by atoms with Crippen LogP contribution in [0.2, 0.25) is 0 Å². The summed E-state index contributed by atoms with van der Waals surface area (Å²) in [6.07, 6.45) is 4.77. The number of hydrogen-bond donors (Lipinski definition) is 2. The number of anilines is 1. The Morgan fingerprint density at radius 1 is 0.974 bits per heavy atom. The Morgan fingerprint density at radius 2 is 1.54 bits per heavy atom. The van der Waals surface area contributed by atoms with Crippen molar-refractivity contribution in [1.82, 2.24) is 10.3 Å². The molecule has 1 amide bonds. The van der Waals surface area contributed by atoms with E-state index in [0.717, 1.165) is 53.9 Å². The van der Waals surface area contributed by atoms with E-state index in [1.807, 2.05) is 33.2 Å². The van der Waals surface area contributed by atoms with Gasteiger partial charge in [0, 0.05) is 49.1 Å². The number of aryl methyl sites for hydroxylation is 4. The van der Waals surface area contributed by atoms with E-state index in [0.29, 0.717) is 6.42 Å². The molecule has 0 saturated carbocycles. The van der Waals surface area contributed by atoms with E-state index in [1.54, 1.807) is 0 Å². The average Bonchev–Trinajstić information content (AvgIpc) is 2.81. The third kappa shape index (κ3) is 7.60. The number of nitrogens with zero attached hydrogens (tertiary/aromatic N) is 2. The molecule has 6 heteroatoms. The third-order valence-electron chi connectivity index (χ3n) is 7.08. The van der Waals surface area contributed by atoms with Gasteiger partial charge in [0.25, 0.3) is 0 Å². The van der Waals surface area contributed by atoms with Gasteiger partial charge in [0.2, 0.25) is 0 Å². The predicted octanol–water partition coefficient (Wildman–Crippen LogP) is 6.75. The van der Waals surface area contributed by atoms with Crippen LogP contribution in [0.3, 0.4) is 0 Å². The van der Waals surface area contributed by atoms with Gasteiger partial charge in [-0.2, -0.15) is 0 Å². The summed E-state index contributed by atoms with van der Waals surface area (Å²) in [4.78, 5) is 19.3. The maximum absolute atomic E-state index is 12.4. The van der Waals surface area contributed by atoms with Crippen molar-refractivity contribution in [2.45, 2.75) is 85.5 Å². The van der Waals surface area contributed by atoms with Crippen molar-refractivity contribution in [3.05, 3.63) is 82.2 Å². The molecule has 0 radical (unpaired) electrons. The molecule has 1 saturated heterocycles. The number of hydrogen-bond acceptors (Lipinski definition) is 5. The summed E-state index contributed by atoms with van der Waals surface area (Å²) in [6.45, 7) is 15.5. The molecule has 1 atom stereocenters. The summed E-state index contributed by atoms with van der Waals surface area (Å²) in [5.41, 5.74) is 9.36. The number of benzene rings is 2. The van der Waals surface area contributed by atoms with Crippen molar-refractivity contribution < 1.29 is 14.6 Å². The molecule has 3 aromatic rings. The number of pyridine rings is 1. The molecular weight excluding hydrogens is 486 g/mol. The van der Waals surface area contributed by atoms with Crippen LogP contribution in [-0.2, 0) is 11.2 Å². The molecule has 1 unspecified atom stereocenters. The molecule has 1 aliphatic rings. The summed E-state index contributed by atoms with van der Waals surface area (Å²) in [6, 6.07) is 13.0. The van der Waals surface area contributed by atoms with Crippen LogP contribution < -0.4 is 10.2 Å². The first-order chi connectivity index (χ1) is 18.4. The Kier molecular flexibility index (Phi) is 8.65. The fourth-order valence-electron chi connectivity index (χ4n) is 5.65. The highest BCUT2D eigenvalue weighted by Crippen LogP contribution is 2.39. The summed E-state index contributed by atoms with van der Waals surface area (Å²) in [7, 11) is 0. The van der Waals surface area contributed by atoms with Gasteiger partial charge in [-0.3, -0.25) is 4.98 Å². The van der Waals surface area contributed by atoms with Crippen molar-refractivity contribution in [2.75, 3.05) is 18.0 Å². The number of piperidine rings is 1. The smallest absolute Gasteiger partial charge is 0.407 e. The third-order valence-corrected chi connectivity index (χ3v) is 7.08. The minimum Gasteiger partial charge on any atom is -0.444 e. The Morgan fingerprint density at radius 3 is 2.10 bits per heavy atom. The predicted molar refractivity (Wildman–Crippen MR) is 158 cm³/mol. The van der Waals surface area contributed by atoms with Crippen LogP contribution in [0, 0.1) is 27.7 Å². The molecule has 1 aliphatic heterocycles. The topological polar surface area (TPSA) is 74.7 Å². The van der Waals surface area contributed by atoms with Crippen LogP contribution in [0.15, 0.2) is 48.8 Å². The molecular formula is C33H43N3O3. The Balaban J connectivity index is 1.65. The molecule has 2 aromatic carbocycles. The minimum absolute atomic E-state index is 0.0474. The highest BCUT2D eigenvalue weighted by Gasteiger charge is 2.28. The zero-order chi connectivity index (χ0) is 28.3. The molecule has 1 aromatic heterocycles. The number of amides is 1. The van der Waals surface area contributed by atoms with Crippen LogP contribution in [0.5, 0.6) is 0 Å². The van der Waals surface area contributed by atoms with Gasteiger partial charge < -0.3 is 20.1 Å². The van der Waals surface area contributed by atoms with E-state index >= 15 is 0 Å². The lowest BCUT2D eigenvalue weighted by Crippen LogP contribution is -2.46. The van der Waals surface area contributed by atoms with Gasteiger partial charge >= 0.3 is 6.09 Å². The molecule has 208 valence electrons. The van der Waals surface area contributed by atoms with Crippen LogP contribution in [0.1, 0.15) is 73.1 Å². The van der Waals surface area contributed by atoms with Crippen molar-refractivity contribution in [3.63, 3.8) is 0 Å². The van der Waals surface area contributed by atoms with Gasteiger partial charge in [0.15, 0.2) is 0 Å². The molecule has 0 aliphatic carbocycles. The van der Waals surface area contributed by atoms with Crippen LogP contribution in [-0.4, -0.2) is 40.9 Å². The van der Waals surface area contributed by atoms with Gasteiger partial charge in [0.1, 0.15) is 5.60 Å². The maximum atomic E-state index is 12.4. The first kappa shape index (κ1) is 28.6. The number of aliphatic hydroxyl groups is 1. The molecule has 2 heterocycles. The number of aliphatic hydroxyl groups excluding tert-OH is 1. The normalized spacial score (nSPS) is 15.2. The average molecular weight is 530 g/mol. The summed E-state index contributed by atoms with van der Waals surface area (Å²) < 4.78 is 5.47. The van der Waals surface area contributed by atoms with Crippen LogP contribution >= 0.6 is 0 Å². The second kappa shape index (κ2) is 11.8. The lowest BCUT2D eigenvalue weighted by Gasteiger charge is -2.37. The molecule has 0 bridgehead atoms. The Labute approximate surface area is 233 Å². The lowest BCUT2D eigenvalue weighted by atomic mass is 9.92. The van der Waals surface area contributed by atoms with Gasteiger partial charge in [0.05, 0.1) is 11.8 Å². The summed E-state index contributed by atoms with van der Waals surface area (Å²) >= 11 is 0. The summed E-state index contributed by atoms with van der Waals surface area (Å²) in [5, 5.41) is 14.6. The number of nitrogens with one attached hydrogen (secondary N) is 1. The SMILES string of the molecule is Cc1cc(C)cc(CC(O)c2cncc(-c3cc(C)cc(C)c3)c2N2CCC(NC(=O)OC(C)(C)C)CC2)c1. The molecule has 39 heavy (non-hydrogen) atoms. The number of carbonyl (C=O) groups excluding carboxylic acids is 1. The standard InChI is InChI=1S/C33H43N3O3/c1-21-12-22(2)15-25(14-21)18-30(37)29-20-34-19-28(26-16-23(3)13-24(4)17-26)31(29)36-10-8-27(9-11-36)35-32(38)39-33(5,6)7/h12-17,19-20,27,30,37H,8-11,18H2,1-7H3,(H,35,38). The molecule has 6 nitrogen and oxygen atoms in total. The lowest BCUT2D eigenvalue weighted by molar-refractivity contribution is 0.0497. The number of carbonyl (C=O) groups is 1. The van der Waals surface area contributed by atoms with Gasteiger partial charge in [-0.15, -0.1) is 0 Å². The van der Waals surface area contributed by atoms with Crippen molar-refractivity contribution in [2.24, 2.45) is 0 Å². The summed E-state index contributed by atoms with van der Waals surface area (Å²) in [5.74, 6) is 0. The molecule has 2 N–H and O–H groups in total. The quantitative estimate of drug-likeness (QED) is 0.369. The van der Waals surface area contributed by atoms with E-state index in [4.69, 9.17) is 4.74 Å². The van der Waals surface area contributed by atoms with Crippen molar-refractivity contribution in [3.8, 4) is 11.1 Å². The van der Waals surface area contributed by atoms with Crippen LogP contribution in [0.25, 0.3) is 11.1 Å². The Hall–Kier alpha value is -3.38. The number of rotatable bonds is 6. The second-order valence-electron chi connectivity index (χ2n) is 12.1. The zero-order valence-corrected chi connectivity index (χ0v) is 24.5. The fraction of sp³-hybridized carbons (Fsp3) is 0.455. The van der Waals surface area contributed by atoms with Gasteiger partial charge in [-0.1, -0.05) is 58.7 Å². The number of alkyl carbamates (subject to hydrolysis) is 1. The van der Waals surface area contributed by atoms with E-state index in [1.165, 1.54) is 22.3 Å². The highest BCUT2D eigenvalue weighted by atomic mass is 16.6. The molecule has 1 fully saturated rings. The van der Waals surface area contributed by atoms with Crippen molar-refractivity contribution in [1.29, 1.82) is 0 Å². The largest absolute Gasteiger partial charge is 0.444 e. The monoisotopic (exact) mass is 529 g/mol.